The second kappa shape index (κ2) is 6.78. The van der Waals surface area contributed by atoms with E-state index in [4.69, 9.17) is 0 Å². The van der Waals surface area contributed by atoms with Crippen molar-refractivity contribution in [2.45, 2.75) is 6.04 Å². The molecule has 0 bridgehead atoms. The zero-order chi connectivity index (χ0) is 16.4. The number of halogens is 1. The first-order valence-corrected chi connectivity index (χ1v) is 8.97. The highest BCUT2D eigenvalue weighted by Gasteiger charge is 2.17. The second-order valence-corrected chi connectivity index (χ2v) is 7.37. The second-order valence-electron chi connectivity index (χ2n) is 5.51. The average Bonchev–Trinajstić information content (AvgIpc) is 3.16. The van der Waals surface area contributed by atoms with Gasteiger partial charge in [-0.25, -0.2) is 4.39 Å². The molecule has 0 radical (unpaired) electrons. The van der Waals surface area contributed by atoms with Crippen LogP contribution in [0.3, 0.4) is 0 Å². The number of rotatable bonds is 5. The van der Waals surface area contributed by atoms with Gasteiger partial charge in [0.2, 0.25) is 0 Å². The molecule has 0 spiro atoms. The molecule has 3 nitrogen and oxygen atoms in total. The smallest absolute Gasteiger partial charge is 0.261 e. The summed E-state index contributed by atoms with van der Waals surface area (Å²) in [6.07, 6.45) is 0. The van der Waals surface area contributed by atoms with Crippen molar-refractivity contribution in [3.8, 4) is 0 Å². The number of nitrogens with zero attached hydrogens (tertiary/aromatic N) is 1. The van der Waals surface area contributed by atoms with Gasteiger partial charge in [0.25, 0.3) is 5.91 Å². The van der Waals surface area contributed by atoms with E-state index in [1.807, 2.05) is 25.5 Å². The molecule has 0 aliphatic heterocycles. The third kappa shape index (κ3) is 3.44. The number of hydrogen-bond donors (Lipinski definition) is 1. The van der Waals surface area contributed by atoms with E-state index in [9.17, 15) is 9.18 Å². The SMILES string of the molecule is CN(C)[C@@H](CNC(=O)c1cc2c(F)cccc2s1)c1ccsc1. The minimum absolute atomic E-state index is 0.122. The number of carbonyl (C=O) groups excluding carboxylic acids is 1. The molecule has 0 aliphatic carbocycles. The fraction of sp³-hybridized carbons (Fsp3) is 0.235. The molecule has 2 aromatic heterocycles. The molecule has 3 aromatic rings. The standard InChI is InChI=1S/C17H17FN2OS2/c1-20(2)14(11-6-7-22-10-11)9-19-17(21)16-8-12-13(18)4-3-5-15(12)23-16/h3-8,10,14H,9H2,1-2H3,(H,19,21)/t14-/m0/s1. The molecule has 0 unspecified atom stereocenters. The Balaban J connectivity index is 1.74. The Labute approximate surface area is 142 Å². The molecule has 1 amide bonds. The van der Waals surface area contributed by atoms with Crippen molar-refractivity contribution in [3.05, 3.63) is 57.3 Å². The van der Waals surface area contributed by atoms with Crippen LogP contribution in [0.1, 0.15) is 21.3 Å². The van der Waals surface area contributed by atoms with Crippen LogP contribution < -0.4 is 5.32 Å². The first-order valence-electron chi connectivity index (χ1n) is 7.21. The maximum Gasteiger partial charge on any atom is 0.261 e. The first kappa shape index (κ1) is 16.1. The fourth-order valence-electron chi connectivity index (χ4n) is 2.48. The minimum Gasteiger partial charge on any atom is -0.349 e. The maximum absolute atomic E-state index is 13.7. The summed E-state index contributed by atoms with van der Waals surface area (Å²) in [6.45, 7) is 0.513. The third-order valence-corrected chi connectivity index (χ3v) is 5.54. The normalized spacial score (nSPS) is 12.7. The van der Waals surface area contributed by atoms with Crippen LogP contribution in [0.4, 0.5) is 4.39 Å². The van der Waals surface area contributed by atoms with E-state index in [2.05, 4.69) is 21.7 Å². The van der Waals surface area contributed by atoms with Crippen LogP contribution in [0.5, 0.6) is 0 Å². The molecule has 0 fully saturated rings. The number of likely N-dealkylation sites (N-methyl/N-ethyl adjacent to an activating group) is 1. The van der Waals surface area contributed by atoms with E-state index in [0.29, 0.717) is 16.8 Å². The Morgan fingerprint density at radius 3 is 2.83 bits per heavy atom. The van der Waals surface area contributed by atoms with Crippen LogP contribution >= 0.6 is 22.7 Å². The van der Waals surface area contributed by atoms with E-state index < -0.39 is 0 Å². The van der Waals surface area contributed by atoms with Crippen molar-refractivity contribution in [1.29, 1.82) is 0 Å². The van der Waals surface area contributed by atoms with Crippen LogP contribution in [-0.2, 0) is 0 Å². The van der Waals surface area contributed by atoms with Crippen LogP contribution in [0, 0.1) is 5.82 Å². The Kier molecular flexibility index (Phi) is 4.75. The quantitative estimate of drug-likeness (QED) is 0.752. The molecule has 3 rings (SSSR count). The summed E-state index contributed by atoms with van der Waals surface area (Å²) in [5.41, 5.74) is 1.18. The van der Waals surface area contributed by atoms with E-state index in [0.717, 1.165) is 4.70 Å². The highest BCUT2D eigenvalue weighted by Crippen LogP contribution is 2.28. The summed E-state index contributed by atoms with van der Waals surface area (Å²) in [4.78, 5) is 15.0. The Morgan fingerprint density at radius 1 is 1.35 bits per heavy atom. The molecule has 0 saturated carbocycles. The maximum atomic E-state index is 13.7. The van der Waals surface area contributed by atoms with Gasteiger partial charge in [0.05, 0.1) is 10.9 Å². The van der Waals surface area contributed by atoms with Gasteiger partial charge in [-0.1, -0.05) is 6.07 Å². The van der Waals surface area contributed by atoms with Crippen molar-refractivity contribution in [2.24, 2.45) is 0 Å². The van der Waals surface area contributed by atoms with Crippen molar-refractivity contribution in [2.75, 3.05) is 20.6 Å². The Hall–Kier alpha value is -1.76. The Morgan fingerprint density at radius 2 is 2.17 bits per heavy atom. The van der Waals surface area contributed by atoms with Gasteiger partial charge in [0.1, 0.15) is 5.82 Å². The molecule has 1 N–H and O–H groups in total. The van der Waals surface area contributed by atoms with E-state index in [1.54, 1.807) is 23.5 Å². The predicted octanol–water partition coefficient (Wildman–Crippen LogP) is 4.13. The van der Waals surface area contributed by atoms with Crippen molar-refractivity contribution < 1.29 is 9.18 Å². The number of carbonyl (C=O) groups is 1. The van der Waals surface area contributed by atoms with Gasteiger partial charge in [-0.05, 0) is 54.7 Å². The van der Waals surface area contributed by atoms with Gasteiger partial charge in [-0.2, -0.15) is 11.3 Å². The average molecular weight is 348 g/mol. The zero-order valence-corrected chi connectivity index (χ0v) is 14.5. The number of fused-ring (bicyclic) bond motifs is 1. The Bertz CT molecular complexity index is 811. The summed E-state index contributed by atoms with van der Waals surface area (Å²) in [7, 11) is 3.98. The number of hydrogen-bond acceptors (Lipinski definition) is 4. The molecule has 1 atom stereocenters. The van der Waals surface area contributed by atoms with E-state index >= 15 is 0 Å². The summed E-state index contributed by atoms with van der Waals surface area (Å²) in [6, 6.07) is 8.71. The fourth-order valence-corrected chi connectivity index (χ4v) is 4.18. The molecular formula is C17H17FN2OS2. The van der Waals surface area contributed by atoms with E-state index in [-0.39, 0.29) is 17.8 Å². The minimum atomic E-state index is -0.290. The van der Waals surface area contributed by atoms with Crippen molar-refractivity contribution in [3.63, 3.8) is 0 Å². The van der Waals surface area contributed by atoms with Crippen molar-refractivity contribution >= 4 is 38.7 Å². The third-order valence-electron chi connectivity index (χ3n) is 3.74. The highest BCUT2D eigenvalue weighted by molar-refractivity contribution is 7.20. The van der Waals surface area contributed by atoms with Crippen molar-refractivity contribution in [1.82, 2.24) is 10.2 Å². The lowest BCUT2D eigenvalue weighted by Gasteiger charge is -2.23. The molecule has 1 aromatic carbocycles. The van der Waals surface area contributed by atoms with Crippen LogP contribution in [0.25, 0.3) is 10.1 Å². The van der Waals surface area contributed by atoms with Gasteiger partial charge in [-0.3, -0.25) is 4.79 Å². The van der Waals surface area contributed by atoms with Crippen LogP contribution in [0.15, 0.2) is 41.1 Å². The van der Waals surface area contributed by atoms with Crippen LogP contribution in [-0.4, -0.2) is 31.4 Å². The summed E-state index contributed by atoms with van der Waals surface area (Å²) in [5.74, 6) is -0.449. The lowest BCUT2D eigenvalue weighted by atomic mass is 10.1. The molecule has 6 heteroatoms. The first-order chi connectivity index (χ1) is 11.1. The molecule has 0 aliphatic rings. The topological polar surface area (TPSA) is 32.3 Å². The van der Waals surface area contributed by atoms with E-state index in [1.165, 1.54) is 23.0 Å². The lowest BCUT2D eigenvalue weighted by molar-refractivity contribution is 0.0946. The number of thiophene rings is 2. The lowest BCUT2D eigenvalue weighted by Crippen LogP contribution is -2.34. The monoisotopic (exact) mass is 348 g/mol. The number of benzene rings is 1. The molecule has 23 heavy (non-hydrogen) atoms. The molecule has 2 heterocycles. The van der Waals surface area contributed by atoms with Gasteiger partial charge in [0.15, 0.2) is 0 Å². The molecular weight excluding hydrogens is 331 g/mol. The molecule has 0 saturated heterocycles. The summed E-state index contributed by atoms with van der Waals surface area (Å²) >= 11 is 2.96. The largest absolute Gasteiger partial charge is 0.349 e. The summed E-state index contributed by atoms with van der Waals surface area (Å²) < 4.78 is 14.5. The zero-order valence-electron chi connectivity index (χ0n) is 12.9. The van der Waals surface area contributed by atoms with Gasteiger partial charge < -0.3 is 10.2 Å². The van der Waals surface area contributed by atoms with Gasteiger partial charge >= 0.3 is 0 Å². The van der Waals surface area contributed by atoms with Crippen LogP contribution in [0.2, 0.25) is 0 Å². The highest BCUT2D eigenvalue weighted by atomic mass is 32.1. The van der Waals surface area contributed by atoms with Gasteiger partial charge in [0, 0.05) is 16.6 Å². The summed E-state index contributed by atoms with van der Waals surface area (Å²) in [5, 5.41) is 7.58. The molecule has 120 valence electrons. The van der Waals surface area contributed by atoms with Gasteiger partial charge in [-0.15, -0.1) is 11.3 Å². The predicted molar refractivity (Wildman–Crippen MR) is 94.9 cm³/mol. The number of amides is 1. The number of nitrogens with one attached hydrogen (secondary N) is 1.